The molecule has 0 radical (unpaired) electrons. The van der Waals surface area contributed by atoms with Crippen molar-refractivity contribution in [3.63, 3.8) is 0 Å². The molecule has 2 aromatic rings. The van der Waals surface area contributed by atoms with Crippen LogP contribution in [0, 0.1) is 12.7 Å². The minimum Gasteiger partial charge on any atom is -0.348 e. The average molecular weight is 231 g/mol. The van der Waals surface area contributed by atoms with Crippen molar-refractivity contribution in [1.29, 1.82) is 0 Å². The first kappa shape index (κ1) is 11.6. The lowest BCUT2D eigenvalue weighted by molar-refractivity contribution is 0.0985. The summed E-state index contributed by atoms with van der Waals surface area (Å²) in [6.45, 7) is 1.70. The molecular weight excluding hydrogens is 217 g/mol. The van der Waals surface area contributed by atoms with Crippen LogP contribution in [0.25, 0.3) is 0 Å². The highest BCUT2D eigenvalue weighted by Gasteiger charge is 2.10. The number of aryl methyl sites for hydroxylation is 2. The molecule has 17 heavy (non-hydrogen) atoms. The molecule has 1 aromatic carbocycles. The Morgan fingerprint density at radius 1 is 1.35 bits per heavy atom. The number of carbonyl (C=O) groups excluding carboxylic acids is 1. The molecule has 0 N–H and O–H groups in total. The number of Topliss-reactive ketones (excluding diaryl/α,β-unsaturated/α-hetero) is 1. The number of ketones is 1. The number of hydrogen-bond acceptors (Lipinski definition) is 1. The summed E-state index contributed by atoms with van der Waals surface area (Å²) in [6.07, 6.45) is 2.14. The first-order chi connectivity index (χ1) is 8.08. The molecule has 0 unspecified atom stereocenters. The lowest BCUT2D eigenvalue weighted by atomic mass is 10.0. The van der Waals surface area contributed by atoms with Gasteiger partial charge in [-0.2, -0.15) is 0 Å². The van der Waals surface area contributed by atoms with E-state index < -0.39 is 0 Å². The Bertz CT molecular complexity index is 557. The molecule has 0 fully saturated rings. The van der Waals surface area contributed by atoms with E-state index in [-0.39, 0.29) is 11.6 Å². The molecule has 0 aliphatic heterocycles. The van der Waals surface area contributed by atoms with Gasteiger partial charge in [0.1, 0.15) is 5.82 Å². The zero-order valence-corrected chi connectivity index (χ0v) is 9.90. The molecule has 0 bridgehead atoms. The molecule has 0 saturated heterocycles. The molecule has 0 aliphatic rings. The molecule has 1 heterocycles. The van der Waals surface area contributed by atoms with Crippen LogP contribution < -0.4 is 0 Å². The van der Waals surface area contributed by atoms with Crippen LogP contribution >= 0.6 is 0 Å². The third-order valence-electron chi connectivity index (χ3n) is 2.82. The molecule has 0 spiro atoms. The van der Waals surface area contributed by atoms with E-state index >= 15 is 0 Å². The Hall–Kier alpha value is -1.90. The lowest BCUT2D eigenvalue weighted by Gasteiger charge is -2.04. The molecule has 0 aliphatic carbocycles. The van der Waals surface area contributed by atoms with Gasteiger partial charge in [-0.3, -0.25) is 4.79 Å². The number of aromatic nitrogens is 1. The Labute approximate surface area is 99.7 Å². The van der Waals surface area contributed by atoms with Crippen LogP contribution in [-0.4, -0.2) is 10.4 Å². The Kier molecular flexibility index (Phi) is 3.09. The number of halogens is 1. The summed E-state index contributed by atoms with van der Waals surface area (Å²) < 4.78 is 14.9. The van der Waals surface area contributed by atoms with Crippen LogP contribution in [0.2, 0.25) is 0 Å². The second-order valence-corrected chi connectivity index (χ2v) is 4.19. The van der Waals surface area contributed by atoms with Crippen molar-refractivity contribution in [2.45, 2.75) is 13.3 Å². The maximum Gasteiger partial charge on any atom is 0.183 e. The fourth-order valence-electron chi connectivity index (χ4n) is 1.84. The van der Waals surface area contributed by atoms with Crippen molar-refractivity contribution in [3.8, 4) is 0 Å². The number of rotatable bonds is 3. The van der Waals surface area contributed by atoms with E-state index in [1.54, 1.807) is 29.7 Å². The highest BCUT2D eigenvalue weighted by atomic mass is 19.1. The smallest absolute Gasteiger partial charge is 0.183 e. The maximum atomic E-state index is 13.1. The number of nitrogens with zero attached hydrogens (tertiary/aromatic N) is 1. The molecule has 1 aromatic heterocycles. The molecular formula is C14H14FNO. The number of carbonyl (C=O) groups is 1. The fraction of sp³-hybridized carbons (Fsp3) is 0.214. The normalized spacial score (nSPS) is 10.5. The second kappa shape index (κ2) is 4.53. The molecule has 0 atom stereocenters. The third-order valence-corrected chi connectivity index (χ3v) is 2.82. The van der Waals surface area contributed by atoms with Crippen molar-refractivity contribution in [2.24, 2.45) is 7.05 Å². The van der Waals surface area contributed by atoms with Crippen molar-refractivity contribution < 1.29 is 9.18 Å². The summed E-state index contributed by atoms with van der Waals surface area (Å²) >= 11 is 0. The minimum atomic E-state index is -0.236. The van der Waals surface area contributed by atoms with Crippen molar-refractivity contribution >= 4 is 5.78 Å². The molecule has 0 amide bonds. The van der Waals surface area contributed by atoms with Crippen molar-refractivity contribution in [3.05, 3.63) is 59.2 Å². The molecule has 3 heteroatoms. The number of benzene rings is 1. The molecule has 0 saturated carbocycles. The van der Waals surface area contributed by atoms with Gasteiger partial charge in [0.25, 0.3) is 0 Å². The summed E-state index contributed by atoms with van der Waals surface area (Å²) in [7, 11) is 1.84. The predicted octanol–water partition coefficient (Wildman–Crippen LogP) is 2.90. The quantitative estimate of drug-likeness (QED) is 0.744. The summed E-state index contributed by atoms with van der Waals surface area (Å²) in [5.41, 5.74) is 2.09. The van der Waals surface area contributed by atoms with Gasteiger partial charge >= 0.3 is 0 Å². The van der Waals surface area contributed by atoms with E-state index in [9.17, 15) is 9.18 Å². The van der Waals surface area contributed by atoms with Gasteiger partial charge in [-0.05, 0) is 36.2 Å². The fourth-order valence-corrected chi connectivity index (χ4v) is 1.84. The van der Waals surface area contributed by atoms with Crippen LogP contribution in [0.3, 0.4) is 0 Å². The van der Waals surface area contributed by atoms with E-state index in [1.165, 1.54) is 6.07 Å². The van der Waals surface area contributed by atoms with E-state index in [0.717, 1.165) is 5.56 Å². The first-order valence-corrected chi connectivity index (χ1v) is 5.47. The monoisotopic (exact) mass is 231 g/mol. The van der Waals surface area contributed by atoms with Gasteiger partial charge in [0, 0.05) is 19.7 Å². The van der Waals surface area contributed by atoms with E-state index in [0.29, 0.717) is 17.7 Å². The predicted molar refractivity (Wildman–Crippen MR) is 64.6 cm³/mol. The average Bonchev–Trinajstić information content (AvgIpc) is 2.70. The molecule has 2 nitrogen and oxygen atoms in total. The van der Waals surface area contributed by atoms with Crippen LogP contribution in [0.4, 0.5) is 4.39 Å². The van der Waals surface area contributed by atoms with Crippen LogP contribution in [0.5, 0.6) is 0 Å². The van der Waals surface area contributed by atoms with E-state index in [1.807, 2.05) is 19.3 Å². The largest absolute Gasteiger partial charge is 0.348 e. The maximum absolute atomic E-state index is 13.1. The number of hydrogen-bond donors (Lipinski definition) is 0. The molecule has 2 rings (SSSR count). The Balaban J connectivity index is 2.19. The SMILES string of the molecule is Cc1cc(CC(=O)c2cccn2C)ccc1F. The highest BCUT2D eigenvalue weighted by Crippen LogP contribution is 2.12. The van der Waals surface area contributed by atoms with Crippen LogP contribution in [0.1, 0.15) is 21.6 Å². The van der Waals surface area contributed by atoms with E-state index in [2.05, 4.69) is 0 Å². The van der Waals surface area contributed by atoms with Gasteiger partial charge in [-0.25, -0.2) is 4.39 Å². The highest BCUT2D eigenvalue weighted by molar-refractivity contribution is 5.96. The van der Waals surface area contributed by atoms with Gasteiger partial charge in [0.15, 0.2) is 5.78 Å². The van der Waals surface area contributed by atoms with Crippen molar-refractivity contribution in [1.82, 2.24) is 4.57 Å². The third kappa shape index (κ3) is 2.44. The topological polar surface area (TPSA) is 22.0 Å². The van der Waals surface area contributed by atoms with Crippen LogP contribution in [0.15, 0.2) is 36.5 Å². The van der Waals surface area contributed by atoms with Gasteiger partial charge in [0.05, 0.1) is 5.69 Å². The standard InChI is InChI=1S/C14H14FNO/c1-10-8-11(5-6-12(10)15)9-14(17)13-4-3-7-16(13)2/h3-8H,9H2,1-2H3. The van der Waals surface area contributed by atoms with Gasteiger partial charge in [0.2, 0.25) is 0 Å². The van der Waals surface area contributed by atoms with E-state index in [4.69, 9.17) is 0 Å². The Morgan fingerprint density at radius 3 is 2.71 bits per heavy atom. The minimum absolute atomic E-state index is 0.0449. The summed E-state index contributed by atoms with van der Waals surface area (Å²) in [5, 5.41) is 0. The summed E-state index contributed by atoms with van der Waals surface area (Å²) in [4.78, 5) is 12.0. The molecule has 88 valence electrons. The summed E-state index contributed by atoms with van der Waals surface area (Å²) in [6, 6.07) is 8.41. The first-order valence-electron chi connectivity index (χ1n) is 5.47. The van der Waals surface area contributed by atoms with Gasteiger partial charge < -0.3 is 4.57 Å². The zero-order chi connectivity index (χ0) is 12.4. The lowest BCUT2D eigenvalue weighted by Crippen LogP contribution is -2.08. The Morgan fingerprint density at radius 2 is 2.12 bits per heavy atom. The van der Waals surface area contributed by atoms with Gasteiger partial charge in [-0.1, -0.05) is 12.1 Å². The van der Waals surface area contributed by atoms with Gasteiger partial charge in [-0.15, -0.1) is 0 Å². The zero-order valence-electron chi connectivity index (χ0n) is 9.90. The summed E-state index contributed by atoms with van der Waals surface area (Å²) in [5.74, 6) is -0.191. The van der Waals surface area contributed by atoms with Crippen LogP contribution in [-0.2, 0) is 13.5 Å². The second-order valence-electron chi connectivity index (χ2n) is 4.19. The van der Waals surface area contributed by atoms with Crippen molar-refractivity contribution in [2.75, 3.05) is 0 Å².